The van der Waals surface area contributed by atoms with Crippen LogP contribution in [0.5, 0.6) is 0 Å². The average Bonchev–Trinajstić information content (AvgIpc) is 2.39. The summed E-state index contributed by atoms with van der Waals surface area (Å²) in [4.78, 5) is 11.0. The molecule has 0 spiro atoms. The number of unbranched alkanes of at least 4 members (excludes halogenated alkanes) is 3. The fraction of sp³-hybridized carbons (Fsp3) is 0.438. The van der Waals surface area contributed by atoms with Gasteiger partial charge in [-0.25, -0.2) is 4.79 Å². The van der Waals surface area contributed by atoms with Crippen molar-refractivity contribution in [2.45, 2.75) is 44.9 Å². The molecule has 0 saturated heterocycles. The molecule has 0 aromatic heterocycles. The van der Waals surface area contributed by atoms with Gasteiger partial charge in [0.25, 0.3) is 0 Å². The smallest absolute Gasteiger partial charge is 0.332 e. The Morgan fingerprint density at radius 1 is 1.22 bits per heavy atom. The molecule has 0 fully saturated rings. The van der Waals surface area contributed by atoms with Crippen molar-refractivity contribution in [3.63, 3.8) is 0 Å². The van der Waals surface area contributed by atoms with Crippen LogP contribution in [0.1, 0.15) is 50.5 Å². The summed E-state index contributed by atoms with van der Waals surface area (Å²) in [6.07, 6.45) is 5.32. The molecule has 18 heavy (non-hydrogen) atoms. The lowest BCUT2D eigenvalue weighted by Crippen LogP contribution is -2.10. The van der Waals surface area contributed by atoms with E-state index in [0.717, 1.165) is 24.8 Å². The third-order valence-corrected chi connectivity index (χ3v) is 3.17. The van der Waals surface area contributed by atoms with Crippen LogP contribution in [0.15, 0.2) is 35.9 Å². The monoisotopic (exact) mass is 245 g/mol. The Kier molecular flexibility index (Phi) is 6.20. The molecule has 97 valence electrons. The number of benzene rings is 1. The zero-order valence-corrected chi connectivity index (χ0v) is 10.9. The molecule has 0 saturated carbocycles. The standard InChI is InChI=1S/C16H21O2/c1-3-4-5-9-12-15(13(2)16(17)18)14-10-7-6-8-11-14/h2,6-8,10-11,15H,3-5,9,12H2,1H3,(H,17,18). The summed E-state index contributed by atoms with van der Waals surface area (Å²) < 4.78 is 0. The largest absolute Gasteiger partial charge is 0.478 e. The van der Waals surface area contributed by atoms with Crippen molar-refractivity contribution < 1.29 is 9.90 Å². The van der Waals surface area contributed by atoms with Crippen molar-refractivity contribution in [1.82, 2.24) is 0 Å². The Bertz CT molecular complexity index is 381. The van der Waals surface area contributed by atoms with Gasteiger partial charge in [-0.3, -0.25) is 0 Å². The van der Waals surface area contributed by atoms with E-state index in [1.165, 1.54) is 12.8 Å². The molecule has 0 heterocycles. The average molecular weight is 245 g/mol. The second kappa shape index (κ2) is 7.70. The van der Waals surface area contributed by atoms with Crippen molar-refractivity contribution in [2.75, 3.05) is 0 Å². The topological polar surface area (TPSA) is 37.3 Å². The van der Waals surface area contributed by atoms with Gasteiger partial charge in [-0.1, -0.05) is 69.5 Å². The van der Waals surface area contributed by atoms with Crippen LogP contribution in [-0.2, 0) is 4.79 Å². The van der Waals surface area contributed by atoms with Crippen molar-refractivity contribution in [1.29, 1.82) is 0 Å². The highest BCUT2D eigenvalue weighted by Gasteiger charge is 2.19. The molecular weight excluding hydrogens is 224 g/mol. The molecule has 0 bridgehead atoms. The Labute approximate surface area is 109 Å². The SMILES string of the molecule is [CH]=C(C(=O)O)C(CCCCCC)c1ccccc1. The van der Waals surface area contributed by atoms with Gasteiger partial charge in [0.2, 0.25) is 0 Å². The van der Waals surface area contributed by atoms with Gasteiger partial charge in [-0.05, 0) is 12.0 Å². The predicted octanol–water partition coefficient (Wildman–Crippen LogP) is 4.18. The fourth-order valence-electron chi connectivity index (χ4n) is 2.11. The first-order valence-electron chi connectivity index (χ1n) is 6.57. The molecule has 1 atom stereocenters. The van der Waals surface area contributed by atoms with E-state index < -0.39 is 5.97 Å². The molecule has 0 aliphatic carbocycles. The summed E-state index contributed by atoms with van der Waals surface area (Å²) in [7, 11) is 0. The summed E-state index contributed by atoms with van der Waals surface area (Å²) in [5.41, 5.74) is 1.05. The van der Waals surface area contributed by atoms with E-state index in [9.17, 15) is 4.79 Å². The van der Waals surface area contributed by atoms with E-state index in [-0.39, 0.29) is 11.5 Å². The van der Waals surface area contributed by atoms with Gasteiger partial charge in [0.15, 0.2) is 0 Å². The van der Waals surface area contributed by atoms with Gasteiger partial charge in [0.1, 0.15) is 0 Å². The van der Waals surface area contributed by atoms with Crippen LogP contribution in [0.25, 0.3) is 0 Å². The van der Waals surface area contributed by atoms with Crippen LogP contribution in [0.3, 0.4) is 0 Å². The first-order chi connectivity index (χ1) is 8.66. The molecule has 0 aliphatic heterocycles. The Morgan fingerprint density at radius 2 is 1.89 bits per heavy atom. The highest BCUT2D eigenvalue weighted by atomic mass is 16.4. The number of carboxylic acids is 1. The third kappa shape index (κ3) is 4.36. The number of carboxylic acid groups (broad SMARTS) is 1. The Hall–Kier alpha value is -1.57. The molecule has 0 amide bonds. The quantitative estimate of drug-likeness (QED) is 0.551. The minimum Gasteiger partial charge on any atom is -0.478 e. The van der Waals surface area contributed by atoms with E-state index in [0.29, 0.717) is 0 Å². The van der Waals surface area contributed by atoms with Crippen LogP contribution in [-0.4, -0.2) is 11.1 Å². The van der Waals surface area contributed by atoms with Crippen LogP contribution in [0.4, 0.5) is 0 Å². The van der Waals surface area contributed by atoms with Crippen LogP contribution in [0.2, 0.25) is 0 Å². The van der Waals surface area contributed by atoms with E-state index in [1.807, 2.05) is 30.3 Å². The molecule has 2 heteroatoms. The maximum absolute atomic E-state index is 11.0. The first kappa shape index (κ1) is 14.5. The minimum absolute atomic E-state index is 0.0534. The second-order valence-corrected chi connectivity index (χ2v) is 4.57. The predicted molar refractivity (Wildman–Crippen MR) is 73.4 cm³/mol. The van der Waals surface area contributed by atoms with E-state index in [2.05, 4.69) is 6.92 Å². The first-order valence-corrected chi connectivity index (χ1v) is 6.57. The number of carbonyl (C=O) groups is 1. The second-order valence-electron chi connectivity index (χ2n) is 4.57. The van der Waals surface area contributed by atoms with Crippen molar-refractivity contribution in [3.05, 3.63) is 48.0 Å². The maximum Gasteiger partial charge on any atom is 0.332 e. The van der Waals surface area contributed by atoms with Crippen LogP contribution >= 0.6 is 0 Å². The zero-order chi connectivity index (χ0) is 13.4. The van der Waals surface area contributed by atoms with Crippen molar-refractivity contribution in [2.24, 2.45) is 0 Å². The van der Waals surface area contributed by atoms with E-state index >= 15 is 0 Å². The molecule has 0 aliphatic rings. The number of hydrogen-bond donors (Lipinski definition) is 1. The molecular formula is C16H21O2. The summed E-state index contributed by atoms with van der Waals surface area (Å²) in [6.45, 7) is 7.88. The zero-order valence-electron chi connectivity index (χ0n) is 10.9. The third-order valence-electron chi connectivity index (χ3n) is 3.17. The lowest BCUT2D eigenvalue weighted by molar-refractivity contribution is -0.133. The van der Waals surface area contributed by atoms with Crippen molar-refractivity contribution >= 4 is 5.97 Å². The Balaban J connectivity index is 2.70. The van der Waals surface area contributed by atoms with Crippen LogP contribution < -0.4 is 0 Å². The van der Waals surface area contributed by atoms with Gasteiger partial charge in [0.05, 0.1) is 0 Å². The molecule has 2 nitrogen and oxygen atoms in total. The highest BCUT2D eigenvalue weighted by molar-refractivity contribution is 5.87. The number of hydrogen-bond acceptors (Lipinski definition) is 1. The van der Waals surface area contributed by atoms with Gasteiger partial charge < -0.3 is 5.11 Å². The Morgan fingerprint density at radius 3 is 2.44 bits per heavy atom. The molecule has 1 aromatic rings. The minimum atomic E-state index is -1.00. The lowest BCUT2D eigenvalue weighted by Gasteiger charge is -2.17. The number of rotatable bonds is 8. The normalized spacial score (nSPS) is 12.1. The van der Waals surface area contributed by atoms with Gasteiger partial charge in [-0.2, -0.15) is 0 Å². The van der Waals surface area contributed by atoms with E-state index in [1.54, 1.807) is 0 Å². The summed E-state index contributed by atoms with van der Waals surface area (Å²) in [6, 6.07) is 9.65. The molecule has 1 rings (SSSR count). The molecule has 1 unspecified atom stereocenters. The lowest BCUT2D eigenvalue weighted by atomic mass is 9.87. The van der Waals surface area contributed by atoms with Gasteiger partial charge >= 0.3 is 5.97 Å². The fourth-order valence-corrected chi connectivity index (χ4v) is 2.11. The summed E-state index contributed by atoms with van der Waals surface area (Å²) in [5.74, 6) is -1.17. The molecule has 1 N–H and O–H groups in total. The maximum atomic E-state index is 11.0. The molecule has 1 aromatic carbocycles. The number of aliphatic carboxylic acids is 1. The van der Waals surface area contributed by atoms with Crippen LogP contribution in [0, 0.1) is 6.58 Å². The molecule has 1 radical (unpaired) electrons. The van der Waals surface area contributed by atoms with Gasteiger partial charge in [0, 0.05) is 11.5 Å². The van der Waals surface area contributed by atoms with Crippen molar-refractivity contribution in [3.8, 4) is 0 Å². The highest BCUT2D eigenvalue weighted by Crippen LogP contribution is 2.29. The van der Waals surface area contributed by atoms with Gasteiger partial charge in [-0.15, -0.1) is 0 Å². The summed E-state index contributed by atoms with van der Waals surface area (Å²) >= 11 is 0. The van der Waals surface area contributed by atoms with E-state index in [4.69, 9.17) is 11.7 Å². The summed E-state index contributed by atoms with van der Waals surface area (Å²) in [5, 5.41) is 9.05.